The van der Waals surface area contributed by atoms with E-state index in [0.29, 0.717) is 11.3 Å². The van der Waals surface area contributed by atoms with Crippen molar-refractivity contribution in [3.8, 4) is 0 Å². The van der Waals surface area contributed by atoms with Crippen LogP contribution in [-0.4, -0.2) is 18.4 Å². The normalized spacial score (nSPS) is 10.5. The molecule has 0 unspecified atom stereocenters. The molecule has 0 fully saturated rings. The highest BCUT2D eigenvalue weighted by Crippen LogP contribution is 2.19. The number of aryl methyl sites for hydroxylation is 1. The molecule has 31 heavy (non-hydrogen) atoms. The summed E-state index contributed by atoms with van der Waals surface area (Å²) < 4.78 is 0. The average Bonchev–Trinajstić information content (AvgIpc) is 2.78. The molecule has 154 valence electrons. The highest BCUT2D eigenvalue weighted by molar-refractivity contribution is 6.04. The van der Waals surface area contributed by atoms with Crippen LogP contribution < -0.4 is 16.0 Å². The Balaban J connectivity index is 1.30. The number of benzene rings is 4. The number of nitrogens with one attached hydrogen (secondary N) is 3. The monoisotopic (exact) mass is 409 g/mol. The first kappa shape index (κ1) is 20.2. The van der Waals surface area contributed by atoms with E-state index in [1.165, 1.54) is 0 Å². The van der Waals surface area contributed by atoms with E-state index in [0.717, 1.165) is 27.7 Å². The molecular weight excluding hydrogens is 386 g/mol. The molecule has 2 amide bonds. The minimum atomic E-state index is -0.154. The molecule has 4 aromatic carbocycles. The number of amides is 2. The second-order valence-corrected chi connectivity index (χ2v) is 7.36. The molecule has 0 spiro atoms. The maximum absolute atomic E-state index is 12.3. The summed E-state index contributed by atoms with van der Waals surface area (Å²) in [5, 5.41) is 11.1. The van der Waals surface area contributed by atoms with Gasteiger partial charge in [0.1, 0.15) is 0 Å². The molecule has 5 heteroatoms. The van der Waals surface area contributed by atoms with E-state index in [2.05, 4.69) is 16.0 Å². The van der Waals surface area contributed by atoms with Crippen molar-refractivity contribution in [3.63, 3.8) is 0 Å². The van der Waals surface area contributed by atoms with Crippen molar-refractivity contribution < 1.29 is 9.59 Å². The Morgan fingerprint density at radius 1 is 0.677 bits per heavy atom. The molecule has 0 radical (unpaired) electrons. The van der Waals surface area contributed by atoms with Crippen LogP contribution in [0.25, 0.3) is 10.8 Å². The molecule has 0 atom stereocenters. The Labute approximate surface area is 181 Å². The van der Waals surface area contributed by atoms with Gasteiger partial charge in [-0.2, -0.15) is 0 Å². The first-order chi connectivity index (χ1) is 15.1. The predicted octanol–water partition coefficient (Wildman–Crippen LogP) is 5.45. The SMILES string of the molecule is Cc1cccc(C(=O)Nc2ccc(NCC(=O)Nc3ccc4ccccc4c3)cc2)c1. The van der Waals surface area contributed by atoms with Crippen LogP contribution in [0.1, 0.15) is 15.9 Å². The van der Waals surface area contributed by atoms with Gasteiger partial charge in [0, 0.05) is 22.6 Å². The predicted molar refractivity (Wildman–Crippen MR) is 127 cm³/mol. The van der Waals surface area contributed by atoms with Crippen molar-refractivity contribution in [1.29, 1.82) is 0 Å². The minimum absolute atomic E-state index is 0.132. The van der Waals surface area contributed by atoms with Gasteiger partial charge < -0.3 is 16.0 Å². The van der Waals surface area contributed by atoms with Crippen molar-refractivity contribution in [1.82, 2.24) is 0 Å². The van der Waals surface area contributed by atoms with Gasteiger partial charge in [-0.15, -0.1) is 0 Å². The van der Waals surface area contributed by atoms with E-state index in [1.807, 2.05) is 79.7 Å². The lowest BCUT2D eigenvalue weighted by molar-refractivity contribution is -0.114. The molecule has 0 aromatic heterocycles. The van der Waals surface area contributed by atoms with Crippen molar-refractivity contribution in [2.45, 2.75) is 6.92 Å². The molecule has 0 aliphatic heterocycles. The van der Waals surface area contributed by atoms with Crippen molar-refractivity contribution in [2.24, 2.45) is 0 Å². The van der Waals surface area contributed by atoms with Gasteiger partial charge in [0.15, 0.2) is 0 Å². The average molecular weight is 409 g/mol. The van der Waals surface area contributed by atoms with E-state index in [9.17, 15) is 9.59 Å². The van der Waals surface area contributed by atoms with E-state index < -0.39 is 0 Å². The van der Waals surface area contributed by atoms with E-state index in [-0.39, 0.29) is 18.4 Å². The zero-order valence-electron chi connectivity index (χ0n) is 17.2. The smallest absolute Gasteiger partial charge is 0.255 e. The largest absolute Gasteiger partial charge is 0.376 e. The Hall–Kier alpha value is -4.12. The second-order valence-electron chi connectivity index (χ2n) is 7.36. The van der Waals surface area contributed by atoms with E-state index in [1.54, 1.807) is 18.2 Å². The summed E-state index contributed by atoms with van der Waals surface area (Å²) in [6.45, 7) is 2.09. The maximum atomic E-state index is 12.3. The zero-order chi connectivity index (χ0) is 21.6. The number of rotatable bonds is 6. The molecule has 0 saturated heterocycles. The van der Waals surface area contributed by atoms with Crippen LogP contribution in [0.3, 0.4) is 0 Å². The summed E-state index contributed by atoms with van der Waals surface area (Å²) >= 11 is 0. The molecule has 0 aliphatic rings. The first-order valence-corrected chi connectivity index (χ1v) is 10.1. The highest BCUT2D eigenvalue weighted by atomic mass is 16.2. The van der Waals surface area contributed by atoms with Crippen molar-refractivity contribution in [3.05, 3.63) is 102 Å². The van der Waals surface area contributed by atoms with Crippen LogP contribution in [-0.2, 0) is 4.79 Å². The lowest BCUT2D eigenvalue weighted by Crippen LogP contribution is -2.21. The number of carbonyl (C=O) groups is 2. The van der Waals surface area contributed by atoms with Gasteiger partial charge in [-0.1, -0.05) is 48.0 Å². The standard InChI is InChI=1S/C26H23N3O2/c1-18-5-4-8-21(15-18)26(31)29-23-13-11-22(12-14-23)27-17-25(30)28-24-10-9-19-6-2-3-7-20(19)16-24/h2-16,27H,17H2,1H3,(H,28,30)(H,29,31). The molecule has 0 heterocycles. The van der Waals surface area contributed by atoms with Gasteiger partial charge in [0.2, 0.25) is 5.91 Å². The summed E-state index contributed by atoms with van der Waals surface area (Å²) in [5.74, 6) is -0.286. The number of anilines is 3. The van der Waals surface area contributed by atoms with Gasteiger partial charge in [-0.3, -0.25) is 9.59 Å². The van der Waals surface area contributed by atoms with Crippen molar-refractivity contribution >= 4 is 39.6 Å². The lowest BCUT2D eigenvalue weighted by Gasteiger charge is -2.10. The Morgan fingerprint density at radius 2 is 1.39 bits per heavy atom. The summed E-state index contributed by atoms with van der Waals surface area (Å²) in [4.78, 5) is 24.6. The summed E-state index contributed by atoms with van der Waals surface area (Å²) in [5.41, 5.74) is 3.90. The highest BCUT2D eigenvalue weighted by Gasteiger charge is 2.07. The molecule has 5 nitrogen and oxygen atoms in total. The molecule has 0 aliphatic carbocycles. The van der Waals surface area contributed by atoms with E-state index in [4.69, 9.17) is 0 Å². The zero-order valence-corrected chi connectivity index (χ0v) is 17.2. The quantitative estimate of drug-likeness (QED) is 0.396. The number of fused-ring (bicyclic) bond motifs is 1. The Kier molecular flexibility index (Phi) is 5.94. The van der Waals surface area contributed by atoms with Crippen LogP contribution in [0, 0.1) is 6.92 Å². The second kappa shape index (κ2) is 9.13. The molecule has 4 aromatic rings. The molecule has 0 bridgehead atoms. The van der Waals surface area contributed by atoms with Gasteiger partial charge in [-0.05, 0) is 66.2 Å². The lowest BCUT2D eigenvalue weighted by atomic mass is 10.1. The van der Waals surface area contributed by atoms with Gasteiger partial charge >= 0.3 is 0 Å². The molecule has 3 N–H and O–H groups in total. The summed E-state index contributed by atoms with van der Waals surface area (Å²) in [6.07, 6.45) is 0. The van der Waals surface area contributed by atoms with Crippen LogP contribution in [0.4, 0.5) is 17.1 Å². The summed E-state index contributed by atoms with van der Waals surface area (Å²) in [7, 11) is 0. The fraction of sp³-hybridized carbons (Fsp3) is 0.0769. The third kappa shape index (κ3) is 5.28. The minimum Gasteiger partial charge on any atom is -0.376 e. The molecule has 0 saturated carbocycles. The fourth-order valence-electron chi connectivity index (χ4n) is 3.32. The summed E-state index contributed by atoms with van der Waals surface area (Å²) in [6, 6.07) is 28.6. The first-order valence-electron chi connectivity index (χ1n) is 10.1. The van der Waals surface area contributed by atoms with Crippen LogP contribution in [0.15, 0.2) is 91.0 Å². The molecular formula is C26H23N3O2. The molecule has 4 rings (SSSR count). The van der Waals surface area contributed by atoms with Gasteiger partial charge in [0.25, 0.3) is 5.91 Å². The Morgan fingerprint density at radius 3 is 2.16 bits per heavy atom. The third-order valence-corrected chi connectivity index (χ3v) is 4.91. The van der Waals surface area contributed by atoms with E-state index >= 15 is 0 Å². The number of hydrogen-bond acceptors (Lipinski definition) is 3. The van der Waals surface area contributed by atoms with Crippen LogP contribution >= 0.6 is 0 Å². The topological polar surface area (TPSA) is 70.2 Å². The van der Waals surface area contributed by atoms with Gasteiger partial charge in [0.05, 0.1) is 6.54 Å². The third-order valence-electron chi connectivity index (χ3n) is 4.91. The van der Waals surface area contributed by atoms with Crippen LogP contribution in [0.5, 0.6) is 0 Å². The van der Waals surface area contributed by atoms with Gasteiger partial charge in [-0.25, -0.2) is 0 Å². The fourth-order valence-corrected chi connectivity index (χ4v) is 3.32. The number of carbonyl (C=O) groups excluding carboxylic acids is 2. The van der Waals surface area contributed by atoms with Crippen LogP contribution in [0.2, 0.25) is 0 Å². The Bertz CT molecular complexity index is 1230. The number of hydrogen-bond donors (Lipinski definition) is 3. The van der Waals surface area contributed by atoms with Crippen molar-refractivity contribution in [2.75, 3.05) is 22.5 Å². The maximum Gasteiger partial charge on any atom is 0.255 e.